The fourth-order valence-corrected chi connectivity index (χ4v) is 1.87. The van der Waals surface area contributed by atoms with Crippen molar-refractivity contribution >= 4 is 11.6 Å². The Labute approximate surface area is 121 Å². The summed E-state index contributed by atoms with van der Waals surface area (Å²) in [4.78, 5) is 4.07. The van der Waals surface area contributed by atoms with Crippen LogP contribution in [-0.4, -0.2) is 24.3 Å². The number of nitrogens with zero attached hydrogens (tertiary/aromatic N) is 1. The van der Waals surface area contributed by atoms with Gasteiger partial charge in [-0.05, 0) is 23.8 Å². The van der Waals surface area contributed by atoms with Gasteiger partial charge < -0.3 is 19.3 Å². The Kier molecular flexibility index (Phi) is 4.65. The van der Waals surface area contributed by atoms with Crippen LogP contribution in [0, 0.1) is 0 Å². The highest BCUT2D eigenvalue weighted by Crippen LogP contribution is 2.40. The molecular formula is C14H14ClNO4. The highest BCUT2D eigenvalue weighted by molar-refractivity contribution is 6.31. The van der Waals surface area contributed by atoms with Crippen molar-refractivity contribution in [3.63, 3.8) is 0 Å². The molecule has 106 valence electrons. The predicted molar refractivity (Wildman–Crippen MR) is 74.8 cm³/mol. The number of rotatable bonds is 5. The Bertz CT molecular complexity index is 581. The Morgan fingerprint density at radius 1 is 1.20 bits per heavy atom. The molecule has 1 heterocycles. The van der Waals surface area contributed by atoms with Gasteiger partial charge in [0.05, 0.1) is 20.8 Å². The van der Waals surface area contributed by atoms with Crippen molar-refractivity contribution in [1.82, 2.24) is 4.98 Å². The number of aromatic nitrogens is 1. The van der Waals surface area contributed by atoms with E-state index in [1.165, 1.54) is 20.4 Å². The molecule has 2 rings (SSSR count). The molecule has 6 heteroatoms. The molecule has 1 aromatic carbocycles. The smallest absolute Gasteiger partial charge is 0.238 e. The second-order valence-corrected chi connectivity index (χ2v) is 4.29. The molecule has 0 aliphatic carbocycles. The summed E-state index contributed by atoms with van der Waals surface area (Å²) >= 11 is 6.07. The summed E-state index contributed by atoms with van der Waals surface area (Å²) in [6.45, 7) is -0.134. The highest BCUT2D eigenvalue weighted by atomic mass is 35.5. The van der Waals surface area contributed by atoms with E-state index in [4.69, 9.17) is 30.9 Å². The van der Waals surface area contributed by atoms with Crippen LogP contribution in [0.2, 0.25) is 5.02 Å². The van der Waals surface area contributed by atoms with Gasteiger partial charge >= 0.3 is 0 Å². The second kappa shape index (κ2) is 6.45. The monoisotopic (exact) mass is 295 g/mol. The molecule has 0 unspecified atom stereocenters. The maximum absolute atomic E-state index is 9.03. The fraction of sp³-hybridized carbons (Fsp3) is 0.214. The molecule has 5 nitrogen and oxygen atoms in total. The van der Waals surface area contributed by atoms with E-state index in [2.05, 4.69) is 4.98 Å². The normalized spacial score (nSPS) is 10.2. The second-order valence-electron chi connectivity index (χ2n) is 3.88. The van der Waals surface area contributed by atoms with E-state index in [0.29, 0.717) is 27.8 Å². The van der Waals surface area contributed by atoms with Crippen LogP contribution in [0.25, 0.3) is 0 Å². The van der Waals surface area contributed by atoms with Crippen LogP contribution in [0.3, 0.4) is 0 Å². The number of pyridine rings is 1. The van der Waals surface area contributed by atoms with Gasteiger partial charge in [0.15, 0.2) is 11.5 Å². The first kappa shape index (κ1) is 14.4. The molecule has 0 saturated carbocycles. The number of aliphatic hydroxyl groups is 1. The van der Waals surface area contributed by atoms with Crippen LogP contribution in [-0.2, 0) is 6.61 Å². The lowest BCUT2D eigenvalue weighted by molar-refractivity contribution is 0.281. The van der Waals surface area contributed by atoms with E-state index in [1.54, 1.807) is 24.3 Å². The molecule has 2 aromatic rings. The Hall–Kier alpha value is -1.98. The van der Waals surface area contributed by atoms with Crippen molar-refractivity contribution in [3.05, 3.63) is 41.0 Å². The van der Waals surface area contributed by atoms with Gasteiger partial charge in [-0.2, -0.15) is 0 Å². The summed E-state index contributed by atoms with van der Waals surface area (Å²) in [6, 6.07) is 6.86. The van der Waals surface area contributed by atoms with E-state index < -0.39 is 0 Å². The predicted octanol–water partition coefficient (Wildman–Crippen LogP) is 3.04. The van der Waals surface area contributed by atoms with Crippen LogP contribution >= 0.6 is 11.6 Å². The van der Waals surface area contributed by atoms with E-state index in [0.717, 1.165) is 0 Å². The average molecular weight is 296 g/mol. The number of ether oxygens (including phenoxy) is 3. The summed E-state index contributed by atoms with van der Waals surface area (Å²) in [7, 11) is 3.07. The SMILES string of the molecule is COc1cccc(OC)c1Oc1ncc(CO)cc1Cl. The maximum Gasteiger partial charge on any atom is 0.238 e. The Morgan fingerprint density at radius 2 is 1.85 bits per heavy atom. The van der Waals surface area contributed by atoms with Crippen LogP contribution < -0.4 is 14.2 Å². The number of para-hydroxylation sites is 1. The van der Waals surface area contributed by atoms with Gasteiger partial charge in [-0.25, -0.2) is 4.98 Å². The molecular weight excluding hydrogens is 282 g/mol. The van der Waals surface area contributed by atoms with Crippen molar-refractivity contribution in [1.29, 1.82) is 0 Å². The van der Waals surface area contributed by atoms with E-state index in [9.17, 15) is 0 Å². The summed E-state index contributed by atoms with van der Waals surface area (Å²) in [5.41, 5.74) is 0.606. The minimum atomic E-state index is -0.134. The molecule has 1 N–H and O–H groups in total. The first-order valence-electron chi connectivity index (χ1n) is 5.83. The minimum Gasteiger partial charge on any atom is -0.493 e. The van der Waals surface area contributed by atoms with Gasteiger partial charge in [0.25, 0.3) is 0 Å². The highest BCUT2D eigenvalue weighted by Gasteiger charge is 2.15. The van der Waals surface area contributed by atoms with Gasteiger partial charge in [0.1, 0.15) is 5.02 Å². The molecule has 0 radical (unpaired) electrons. The first-order valence-corrected chi connectivity index (χ1v) is 6.21. The van der Waals surface area contributed by atoms with Crippen LogP contribution in [0.1, 0.15) is 5.56 Å². The molecule has 0 saturated heterocycles. The topological polar surface area (TPSA) is 60.8 Å². The Morgan fingerprint density at radius 3 is 2.35 bits per heavy atom. The van der Waals surface area contributed by atoms with Crippen molar-refractivity contribution < 1.29 is 19.3 Å². The first-order chi connectivity index (χ1) is 9.69. The fourth-order valence-electron chi connectivity index (χ4n) is 1.64. The third kappa shape index (κ3) is 2.95. The number of methoxy groups -OCH3 is 2. The molecule has 1 aromatic heterocycles. The molecule has 0 bridgehead atoms. The number of halogens is 1. The maximum atomic E-state index is 9.03. The quantitative estimate of drug-likeness (QED) is 0.918. The third-order valence-corrected chi connectivity index (χ3v) is 2.90. The lowest BCUT2D eigenvalue weighted by Crippen LogP contribution is -1.97. The van der Waals surface area contributed by atoms with Gasteiger partial charge in [-0.15, -0.1) is 0 Å². The molecule has 0 aliphatic heterocycles. The largest absolute Gasteiger partial charge is 0.493 e. The molecule has 0 atom stereocenters. The van der Waals surface area contributed by atoms with Crippen molar-refractivity contribution in [2.45, 2.75) is 6.61 Å². The Balaban J connectivity index is 2.39. The van der Waals surface area contributed by atoms with E-state index >= 15 is 0 Å². The van der Waals surface area contributed by atoms with Gasteiger partial charge in [-0.1, -0.05) is 17.7 Å². The molecule has 0 aliphatic rings. The minimum absolute atomic E-state index is 0.134. The standard InChI is InChI=1S/C14H14ClNO4/c1-18-11-4-3-5-12(19-2)13(11)20-14-10(15)6-9(8-17)7-16-14/h3-7,17H,8H2,1-2H3. The van der Waals surface area contributed by atoms with Gasteiger partial charge in [0, 0.05) is 6.20 Å². The zero-order valence-corrected chi connectivity index (χ0v) is 11.8. The average Bonchev–Trinajstić information content (AvgIpc) is 2.49. The van der Waals surface area contributed by atoms with Crippen LogP contribution in [0.5, 0.6) is 23.1 Å². The third-order valence-electron chi connectivity index (χ3n) is 2.63. The molecule has 0 fully saturated rings. The number of hydrogen-bond acceptors (Lipinski definition) is 5. The van der Waals surface area contributed by atoms with Gasteiger partial charge in [-0.3, -0.25) is 0 Å². The number of aliphatic hydroxyl groups excluding tert-OH is 1. The zero-order valence-electron chi connectivity index (χ0n) is 11.1. The van der Waals surface area contributed by atoms with Crippen LogP contribution in [0.4, 0.5) is 0 Å². The van der Waals surface area contributed by atoms with Gasteiger partial charge in [0.2, 0.25) is 11.6 Å². The number of benzene rings is 1. The zero-order chi connectivity index (χ0) is 14.5. The summed E-state index contributed by atoms with van der Waals surface area (Å²) in [6.07, 6.45) is 1.49. The summed E-state index contributed by atoms with van der Waals surface area (Å²) in [5.74, 6) is 1.62. The summed E-state index contributed by atoms with van der Waals surface area (Å²) < 4.78 is 16.1. The van der Waals surface area contributed by atoms with Crippen LogP contribution in [0.15, 0.2) is 30.5 Å². The van der Waals surface area contributed by atoms with Crippen molar-refractivity contribution in [2.24, 2.45) is 0 Å². The lowest BCUT2D eigenvalue weighted by Gasteiger charge is -2.14. The van der Waals surface area contributed by atoms with Crippen molar-refractivity contribution in [2.75, 3.05) is 14.2 Å². The lowest BCUT2D eigenvalue weighted by atomic mass is 10.3. The molecule has 0 spiro atoms. The summed E-state index contributed by atoms with van der Waals surface area (Å²) in [5, 5.41) is 9.32. The number of hydrogen-bond donors (Lipinski definition) is 1. The molecule has 0 amide bonds. The molecule has 20 heavy (non-hydrogen) atoms. The van der Waals surface area contributed by atoms with Crippen molar-refractivity contribution in [3.8, 4) is 23.1 Å². The van der Waals surface area contributed by atoms with E-state index in [-0.39, 0.29) is 12.5 Å². The van der Waals surface area contributed by atoms with E-state index in [1.807, 2.05) is 0 Å².